The summed E-state index contributed by atoms with van der Waals surface area (Å²) in [6, 6.07) is 0.571. The van der Waals surface area contributed by atoms with E-state index in [0.717, 1.165) is 51.4 Å². The number of amides is 1. The Balaban J connectivity index is 1.87. The maximum atomic E-state index is 11.6. The fourth-order valence-electron chi connectivity index (χ4n) is 3.94. The molecule has 2 aliphatic heterocycles. The summed E-state index contributed by atoms with van der Waals surface area (Å²) >= 11 is 0. The number of rotatable bonds is 7. The minimum atomic E-state index is 0.162. The highest BCUT2D eigenvalue weighted by atomic mass is 16.1. The van der Waals surface area contributed by atoms with E-state index in [1.807, 2.05) is 0 Å². The second-order valence-corrected chi connectivity index (χ2v) is 7.31. The molecule has 0 radical (unpaired) electrons. The normalized spacial score (nSPS) is 21.4. The van der Waals surface area contributed by atoms with E-state index in [1.54, 1.807) is 7.05 Å². The Morgan fingerprint density at radius 2 is 1.84 bits per heavy atom. The number of guanidine groups is 1. The van der Waals surface area contributed by atoms with Crippen molar-refractivity contribution < 1.29 is 4.79 Å². The first-order valence-corrected chi connectivity index (χ1v) is 10.2. The molecule has 25 heavy (non-hydrogen) atoms. The monoisotopic (exact) mass is 351 g/mol. The molecule has 0 bridgehead atoms. The molecule has 6 nitrogen and oxygen atoms in total. The van der Waals surface area contributed by atoms with Crippen molar-refractivity contribution in [1.82, 2.24) is 20.4 Å². The van der Waals surface area contributed by atoms with E-state index in [2.05, 4.69) is 34.3 Å². The van der Waals surface area contributed by atoms with Crippen LogP contribution >= 0.6 is 0 Å². The Morgan fingerprint density at radius 3 is 2.40 bits per heavy atom. The molecule has 144 valence electrons. The van der Waals surface area contributed by atoms with Crippen molar-refractivity contribution >= 4 is 11.9 Å². The van der Waals surface area contributed by atoms with E-state index in [1.165, 1.54) is 25.9 Å². The highest BCUT2D eigenvalue weighted by Crippen LogP contribution is 2.21. The van der Waals surface area contributed by atoms with Crippen molar-refractivity contribution in [2.24, 2.45) is 10.9 Å². The number of likely N-dealkylation sites (tertiary alicyclic amines) is 2. The molecule has 1 amide bonds. The Morgan fingerprint density at radius 1 is 1.16 bits per heavy atom. The lowest BCUT2D eigenvalue weighted by Gasteiger charge is -2.34. The van der Waals surface area contributed by atoms with Gasteiger partial charge in [-0.25, -0.2) is 0 Å². The number of hydrogen-bond donors (Lipinski definition) is 2. The van der Waals surface area contributed by atoms with Crippen molar-refractivity contribution in [2.45, 2.75) is 58.4 Å². The molecule has 0 aromatic rings. The molecule has 2 aliphatic rings. The van der Waals surface area contributed by atoms with Gasteiger partial charge in [0, 0.05) is 39.1 Å². The Kier molecular flexibility index (Phi) is 8.52. The summed E-state index contributed by atoms with van der Waals surface area (Å²) in [6.07, 6.45) is 6.63. The molecule has 2 heterocycles. The lowest BCUT2D eigenvalue weighted by Crippen LogP contribution is -2.46. The van der Waals surface area contributed by atoms with Crippen LogP contribution in [0.5, 0.6) is 0 Å². The van der Waals surface area contributed by atoms with Gasteiger partial charge in [-0.3, -0.25) is 14.7 Å². The largest absolute Gasteiger partial charge is 0.359 e. The highest BCUT2D eigenvalue weighted by molar-refractivity contribution is 5.80. The highest BCUT2D eigenvalue weighted by Gasteiger charge is 2.24. The van der Waals surface area contributed by atoms with Crippen molar-refractivity contribution in [2.75, 3.05) is 46.3 Å². The van der Waals surface area contributed by atoms with Crippen LogP contribution in [0.1, 0.15) is 52.4 Å². The van der Waals surface area contributed by atoms with E-state index < -0.39 is 0 Å². The lowest BCUT2D eigenvalue weighted by molar-refractivity contribution is -0.121. The summed E-state index contributed by atoms with van der Waals surface area (Å²) in [6.45, 7) is 10.6. The molecule has 2 fully saturated rings. The molecule has 0 spiro atoms. The summed E-state index contributed by atoms with van der Waals surface area (Å²) in [4.78, 5) is 21.5. The fourth-order valence-corrected chi connectivity index (χ4v) is 3.94. The molecular weight excluding hydrogens is 314 g/mol. The first-order valence-electron chi connectivity index (χ1n) is 10.2. The third-order valence-corrected chi connectivity index (χ3v) is 5.58. The van der Waals surface area contributed by atoms with Gasteiger partial charge in [-0.1, -0.05) is 6.92 Å². The minimum Gasteiger partial charge on any atom is -0.359 e. The second-order valence-electron chi connectivity index (χ2n) is 7.31. The zero-order valence-corrected chi connectivity index (χ0v) is 16.4. The van der Waals surface area contributed by atoms with Crippen LogP contribution in [0, 0.1) is 5.92 Å². The maximum Gasteiger partial charge on any atom is 0.220 e. The third kappa shape index (κ3) is 6.17. The average Bonchev–Trinajstić information content (AvgIpc) is 3.16. The third-order valence-electron chi connectivity index (χ3n) is 5.58. The number of carbonyl (C=O) groups excluding carboxylic acids is 1. The topological polar surface area (TPSA) is 60.0 Å². The van der Waals surface area contributed by atoms with Crippen LogP contribution in [0.25, 0.3) is 0 Å². The molecule has 6 heteroatoms. The summed E-state index contributed by atoms with van der Waals surface area (Å²) in [7, 11) is 1.72. The van der Waals surface area contributed by atoms with Crippen LogP contribution < -0.4 is 10.6 Å². The van der Waals surface area contributed by atoms with Gasteiger partial charge in [0.05, 0.1) is 6.54 Å². The number of aliphatic imine (C=N–C) groups is 1. The van der Waals surface area contributed by atoms with Gasteiger partial charge in [0.2, 0.25) is 5.91 Å². The summed E-state index contributed by atoms with van der Waals surface area (Å²) < 4.78 is 0. The molecule has 0 aromatic heterocycles. The maximum absolute atomic E-state index is 11.6. The molecule has 2 rings (SSSR count). The first kappa shape index (κ1) is 20.0. The van der Waals surface area contributed by atoms with E-state index in [-0.39, 0.29) is 5.91 Å². The van der Waals surface area contributed by atoms with Gasteiger partial charge in [0.25, 0.3) is 0 Å². The lowest BCUT2D eigenvalue weighted by atomic mass is 9.93. The van der Waals surface area contributed by atoms with E-state index in [9.17, 15) is 4.79 Å². The van der Waals surface area contributed by atoms with Crippen molar-refractivity contribution in [3.05, 3.63) is 0 Å². The second kappa shape index (κ2) is 10.6. The number of piperidine rings is 1. The number of hydrogen-bond acceptors (Lipinski definition) is 3. The van der Waals surface area contributed by atoms with Crippen LogP contribution in [0.4, 0.5) is 0 Å². The molecule has 0 saturated carbocycles. The Labute approximate surface area is 153 Å². The van der Waals surface area contributed by atoms with Crippen LogP contribution in [-0.2, 0) is 4.79 Å². The quantitative estimate of drug-likeness (QED) is 0.541. The summed E-state index contributed by atoms with van der Waals surface area (Å²) in [5, 5.41) is 6.21. The molecule has 2 saturated heterocycles. The molecule has 1 unspecified atom stereocenters. The Bertz CT molecular complexity index is 426. The van der Waals surface area contributed by atoms with Crippen LogP contribution in [-0.4, -0.2) is 74.0 Å². The van der Waals surface area contributed by atoms with Crippen molar-refractivity contribution in [1.29, 1.82) is 0 Å². The summed E-state index contributed by atoms with van der Waals surface area (Å²) in [5.74, 6) is 1.72. The minimum absolute atomic E-state index is 0.162. The van der Waals surface area contributed by atoms with Crippen molar-refractivity contribution in [3.63, 3.8) is 0 Å². The molecule has 2 N–H and O–H groups in total. The van der Waals surface area contributed by atoms with Gasteiger partial charge in [0.15, 0.2) is 5.96 Å². The zero-order valence-electron chi connectivity index (χ0n) is 16.4. The molecule has 0 aromatic carbocycles. The smallest absolute Gasteiger partial charge is 0.220 e. The van der Waals surface area contributed by atoms with Gasteiger partial charge in [0.1, 0.15) is 0 Å². The average molecular weight is 352 g/mol. The van der Waals surface area contributed by atoms with Crippen LogP contribution in [0.2, 0.25) is 0 Å². The number of carbonyl (C=O) groups is 1. The van der Waals surface area contributed by atoms with Crippen molar-refractivity contribution in [3.8, 4) is 0 Å². The fraction of sp³-hybridized carbons (Fsp3) is 0.895. The van der Waals surface area contributed by atoms with Gasteiger partial charge >= 0.3 is 0 Å². The van der Waals surface area contributed by atoms with Crippen LogP contribution in [0.15, 0.2) is 4.99 Å². The molecule has 1 atom stereocenters. The molecular formula is C19H37N5O. The first-order chi connectivity index (χ1) is 12.2. The van der Waals surface area contributed by atoms with E-state index in [4.69, 9.17) is 4.99 Å². The van der Waals surface area contributed by atoms with E-state index in [0.29, 0.717) is 18.4 Å². The van der Waals surface area contributed by atoms with Crippen LogP contribution in [0.3, 0.4) is 0 Å². The molecule has 0 aliphatic carbocycles. The van der Waals surface area contributed by atoms with Gasteiger partial charge < -0.3 is 15.5 Å². The van der Waals surface area contributed by atoms with Gasteiger partial charge in [-0.15, -0.1) is 0 Å². The standard InChI is InChI=1S/C19H37N5O/c1-4-17(23-10-6-7-11-23)15-22-19(21-5-2)24-12-8-16(9-13-24)14-18(25)20-3/h16-17H,4-15H2,1-3H3,(H,20,25)(H,21,22). The number of nitrogens with zero attached hydrogens (tertiary/aromatic N) is 3. The van der Waals surface area contributed by atoms with Gasteiger partial charge in [-0.2, -0.15) is 0 Å². The van der Waals surface area contributed by atoms with E-state index >= 15 is 0 Å². The Hall–Kier alpha value is -1.30. The predicted octanol–water partition coefficient (Wildman–Crippen LogP) is 1.67. The zero-order chi connectivity index (χ0) is 18.1. The SMILES string of the molecule is CCNC(=NCC(CC)N1CCCC1)N1CCC(CC(=O)NC)CC1. The predicted molar refractivity (Wildman–Crippen MR) is 104 cm³/mol. The summed E-state index contributed by atoms with van der Waals surface area (Å²) in [5.41, 5.74) is 0. The number of nitrogens with one attached hydrogen (secondary N) is 2. The van der Waals surface area contributed by atoms with Gasteiger partial charge in [-0.05, 0) is 58.0 Å².